The van der Waals surface area contributed by atoms with Gasteiger partial charge in [-0.15, -0.1) is 0 Å². The number of hydrogen-bond acceptors (Lipinski definition) is 5. The van der Waals surface area contributed by atoms with Gasteiger partial charge in [-0.2, -0.15) is 4.31 Å². The number of nitrogen functional groups attached to an aromatic ring is 1. The number of sulfonamides is 1. The molecule has 2 aromatic rings. The number of nitrogens with two attached hydrogens (primary N) is 1. The molecule has 2 atom stereocenters. The summed E-state index contributed by atoms with van der Waals surface area (Å²) in [4.78, 5) is 12.3. The van der Waals surface area contributed by atoms with Gasteiger partial charge in [0.2, 0.25) is 10.0 Å². The predicted octanol–water partition coefficient (Wildman–Crippen LogP) is 3.82. The van der Waals surface area contributed by atoms with Crippen LogP contribution >= 0.6 is 11.6 Å². The van der Waals surface area contributed by atoms with Crippen LogP contribution in [-0.4, -0.2) is 44.1 Å². The molecule has 0 saturated carbocycles. The summed E-state index contributed by atoms with van der Waals surface area (Å²) in [6, 6.07) is 13.0. The average Bonchev–Trinajstić information content (AvgIpc) is 2.74. The third-order valence-electron chi connectivity index (χ3n) is 5.41. The van der Waals surface area contributed by atoms with Crippen molar-refractivity contribution in [1.29, 1.82) is 0 Å². The van der Waals surface area contributed by atoms with E-state index in [1.54, 1.807) is 12.1 Å². The number of nitrogens with zero attached hydrogens (tertiary/aromatic N) is 1. The van der Waals surface area contributed by atoms with Gasteiger partial charge >= 0.3 is 6.09 Å². The first-order chi connectivity index (χ1) is 14.8. The minimum absolute atomic E-state index is 0.00483. The van der Waals surface area contributed by atoms with E-state index in [0.717, 1.165) is 18.4 Å². The zero-order valence-electron chi connectivity index (χ0n) is 17.5. The van der Waals surface area contributed by atoms with Crippen LogP contribution in [-0.2, 0) is 21.2 Å². The van der Waals surface area contributed by atoms with Crippen molar-refractivity contribution in [2.24, 2.45) is 0 Å². The Balaban J connectivity index is 1.57. The van der Waals surface area contributed by atoms with Crippen LogP contribution in [0.3, 0.4) is 0 Å². The maximum Gasteiger partial charge on any atom is 0.407 e. The Kier molecular flexibility index (Phi) is 7.80. The Morgan fingerprint density at radius 3 is 2.52 bits per heavy atom. The maximum absolute atomic E-state index is 13.2. The largest absolute Gasteiger partial charge is 0.448 e. The fourth-order valence-electron chi connectivity index (χ4n) is 3.80. The van der Waals surface area contributed by atoms with Crippen molar-refractivity contribution in [3.8, 4) is 0 Å². The number of halogens is 1. The lowest BCUT2D eigenvalue weighted by atomic mass is 10.0. The number of ether oxygens (including phenoxy) is 1. The van der Waals surface area contributed by atoms with Crippen molar-refractivity contribution in [2.45, 2.75) is 49.6 Å². The van der Waals surface area contributed by atoms with Gasteiger partial charge in [-0.3, -0.25) is 0 Å². The van der Waals surface area contributed by atoms with Crippen LogP contribution in [0, 0.1) is 0 Å². The number of anilines is 1. The molecule has 0 aromatic heterocycles. The highest BCUT2D eigenvalue weighted by Gasteiger charge is 2.38. The van der Waals surface area contributed by atoms with E-state index in [0.29, 0.717) is 30.1 Å². The third kappa shape index (κ3) is 6.12. The molecule has 1 saturated heterocycles. The average molecular weight is 466 g/mol. The van der Waals surface area contributed by atoms with E-state index in [1.165, 1.54) is 16.4 Å². The van der Waals surface area contributed by atoms with Gasteiger partial charge in [0.05, 0.1) is 10.9 Å². The Hall–Kier alpha value is -2.29. The Labute approximate surface area is 188 Å². The molecule has 7 nitrogen and oxygen atoms in total. The molecule has 31 heavy (non-hydrogen) atoms. The molecule has 0 radical (unpaired) electrons. The summed E-state index contributed by atoms with van der Waals surface area (Å²) < 4.78 is 33.3. The van der Waals surface area contributed by atoms with Gasteiger partial charge in [-0.25, -0.2) is 13.2 Å². The van der Waals surface area contributed by atoms with E-state index in [9.17, 15) is 13.2 Å². The molecule has 3 rings (SSSR count). The molecule has 1 aliphatic rings. The first-order valence-electron chi connectivity index (χ1n) is 10.3. The van der Waals surface area contributed by atoms with Crippen LogP contribution in [0.5, 0.6) is 0 Å². The number of hydrogen-bond donors (Lipinski definition) is 2. The molecule has 1 aliphatic heterocycles. The van der Waals surface area contributed by atoms with Crippen molar-refractivity contribution in [1.82, 2.24) is 9.62 Å². The molecule has 168 valence electrons. The van der Waals surface area contributed by atoms with Gasteiger partial charge in [0.1, 0.15) is 6.61 Å². The molecule has 0 unspecified atom stereocenters. The lowest BCUT2D eigenvalue weighted by Gasteiger charge is -2.39. The summed E-state index contributed by atoms with van der Waals surface area (Å²) >= 11 is 5.90. The number of benzene rings is 2. The fourth-order valence-corrected chi connectivity index (χ4v) is 5.79. The van der Waals surface area contributed by atoms with Gasteiger partial charge in [-0.05, 0) is 68.1 Å². The van der Waals surface area contributed by atoms with Crippen LogP contribution in [0.4, 0.5) is 10.5 Å². The number of alkyl carbamates (subject to hydrolysis) is 1. The molecule has 0 aliphatic carbocycles. The number of piperidine rings is 1. The van der Waals surface area contributed by atoms with E-state index in [4.69, 9.17) is 22.1 Å². The van der Waals surface area contributed by atoms with Gasteiger partial charge in [0.25, 0.3) is 0 Å². The second kappa shape index (κ2) is 10.3. The summed E-state index contributed by atoms with van der Waals surface area (Å²) in [5.41, 5.74) is 7.41. The first kappa shape index (κ1) is 23.4. The molecule has 1 amide bonds. The standard InChI is InChI=1S/C22H28ClN3O4S/c1-16-3-2-4-20(26(16)31(28,29)21-11-7-18(23)8-12-21)15-30-22(27)25-14-13-17-5-9-19(24)10-6-17/h5-12,16,20H,2-4,13-15,24H2,1H3,(H,25,27)/t16-,20-/m1/s1. The Morgan fingerprint density at radius 2 is 1.84 bits per heavy atom. The Bertz CT molecular complexity index is 981. The number of nitrogens with one attached hydrogen (secondary N) is 1. The van der Waals surface area contributed by atoms with E-state index in [1.807, 2.05) is 31.2 Å². The van der Waals surface area contributed by atoms with Crippen molar-refractivity contribution >= 4 is 33.4 Å². The summed E-state index contributed by atoms with van der Waals surface area (Å²) in [7, 11) is -3.73. The van der Waals surface area contributed by atoms with Crippen LogP contribution < -0.4 is 11.1 Å². The van der Waals surface area contributed by atoms with Crippen LogP contribution in [0.25, 0.3) is 0 Å². The summed E-state index contributed by atoms with van der Waals surface area (Å²) in [5.74, 6) is 0. The molecule has 1 heterocycles. The molecule has 2 aromatic carbocycles. The monoisotopic (exact) mass is 465 g/mol. The van der Waals surface area contributed by atoms with Gasteiger partial charge in [0.15, 0.2) is 0 Å². The number of amides is 1. The number of carbonyl (C=O) groups excluding carboxylic acids is 1. The van der Waals surface area contributed by atoms with Gasteiger partial charge in [0, 0.05) is 23.3 Å². The summed E-state index contributed by atoms with van der Waals surface area (Å²) in [5, 5.41) is 3.19. The summed E-state index contributed by atoms with van der Waals surface area (Å²) in [6.07, 6.45) is 2.36. The highest BCUT2D eigenvalue weighted by Crippen LogP contribution is 2.30. The molecular weight excluding hydrogens is 438 g/mol. The highest BCUT2D eigenvalue weighted by atomic mass is 35.5. The first-order valence-corrected chi connectivity index (χ1v) is 12.1. The molecule has 0 bridgehead atoms. The summed E-state index contributed by atoms with van der Waals surface area (Å²) in [6.45, 7) is 2.30. The fraction of sp³-hybridized carbons (Fsp3) is 0.409. The second-order valence-electron chi connectivity index (χ2n) is 7.74. The maximum atomic E-state index is 13.2. The van der Waals surface area contributed by atoms with Gasteiger partial charge < -0.3 is 15.8 Å². The smallest absolute Gasteiger partial charge is 0.407 e. The molecular formula is C22H28ClN3O4S. The minimum atomic E-state index is -3.73. The molecule has 0 spiro atoms. The lowest BCUT2D eigenvalue weighted by molar-refractivity contribution is 0.0894. The molecule has 9 heteroatoms. The normalized spacial score (nSPS) is 19.7. The zero-order chi connectivity index (χ0) is 22.4. The molecule has 1 fully saturated rings. The van der Waals surface area contributed by atoms with Crippen molar-refractivity contribution in [3.63, 3.8) is 0 Å². The minimum Gasteiger partial charge on any atom is -0.448 e. The Morgan fingerprint density at radius 1 is 1.16 bits per heavy atom. The van der Waals surface area contributed by atoms with E-state index in [2.05, 4.69) is 5.32 Å². The van der Waals surface area contributed by atoms with Crippen molar-refractivity contribution < 1.29 is 17.9 Å². The van der Waals surface area contributed by atoms with Crippen LogP contribution in [0.15, 0.2) is 53.4 Å². The highest BCUT2D eigenvalue weighted by molar-refractivity contribution is 7.89. The van der Waals surface area contributed by atoms with E-state index < -0.39 is 22.2 Å². The van der Waals surface area contributed by atoms with E-state index >= 15 is 0 Å². The predicted molar refractivity (Wildman–Crippen MR) is 121 cm³/mol. The van der Waals surface area contributed by atoms with E-state index in [-0.39, 0.29) is 17.5 Å². The zero-order valence-corrected chi connectivity index (χ0v) is 19.0. The second-order valence-corrected chi connectivity index (χ2v) is 10.0. The van der Waals surface area contributed by atoms with Crippen LogP contribution in [0.1, 0.15) is 31.7 Å². The lowest BCUT2D eigenvalue weighted by Crippen LogP contribution is -2.51. The quantitative estimate of drug-likeness (QED) is 0.605. The topological polar surface area (TPSA) is 102 Å². The number of carbonyl (C=O) groups is 1. The van der Waals surface area contributed by atoms with Crippen LogP contribution in [0.2, 0.25) is 5.02 Å². The van der Waals surface area contributed by atoms with Crippen molar-refractivity contribution in [3.05, 3.63) is 59.1 Å². The SMILES string of the molecule is C[C@@H]1CCC[C@H](COC(=O)NCCc2ccc(N)cc2)N1S(=O)(=O)c1ccc(Cl)cc1. The molecule has 3 N–H and O–H groups in total. The third-order valence-corrected chi connectivity index (χ3v) is 7.75. The van der Waals surface area contributed by atoms with Crippen molar-refractivity contribution in [2.75, 3.05) is 18.9 Å². The number of rotatable bonds is 7. The van der Waals surface area contributed by atoms with Gasteiger partial charge in [-0.1, -0.05) is 30.2 Å².